The van der Waals surface area contributed by atoms with Crippen LogP contribution in [0.15, 0.2) is 0 Å². The van der Waals surface area contributed by atoms with Gasteiger partial charge in [0.1, 0.15) is 0 Å². The fourth-order valence-electron chi connectivity index (χ4n) is 1.39. The summed E-state index contributed by atoms with van der Waals surface area (Å²) >= 11 is 0. The molecule has 0 spiro atoms. The lowest BCUT2D eigenvalue weighted by Crippen LogP contribution is -2.50. The number of carbonyl (C=O) groups excluding carboxylic acids is 1. The highest BCUT2D eigenvalue weighted by Gasteiger charge is 2.22. The van der Waals surface area contributed by atoms with Crippen molar-refractivity contribution in [3.05, 3.63) is 0 Å². The topological polar surface area (TPSA) is 98.8 Å². The summed E-state index contributed by atoms with van der Waals surface area (Å²) in [5, 5.41) is 17.6. The van der Waals surface area contributed by atoms with E-state index in [9.17, 15) is 4.79 Å². The molecule has 14 heavy (non-hydrogen) atoms. The van der Waals surface area contributed by atoms with Gasteiger partial charge < -0.3 is 10.2 Å². The van der Waals surface area contributed by atoms with Crippen molar-refractivity contribution < 1.29 is 15.0 Å². The number of aliphatic hydroxyl groups is 2. The standard InChI is InChI=1S/C8H19N3O3/c1-2-7(8(14)10-9)11(3-5-12)4-6-13/h7,12-13H,2-6,9H2,1H3,(H,10,14). The third kappa shape index (κ3) is 4.01. The van der Waals surface area contributed by atoms with Crippen molar-refractivity contribution in [1.82, 2.24) is 10.3 Å². The molecule has 1 amide bonds. The van der Waals surface area contributed by atoms with Gasteiger partial charge in [-0.1, -0.05) is 6.92 Å². The Balaban J connectivity index is 4.31. The second-order valence-electron chi connectivity index (χ2n) is 2.92. The lowest BCUT2D eigenvalue weighted by atomic mass is 10.2. The number of rotatable bonds is 7. The van der Waals surface area contributed by atoms with Crippen LogP contribution in [-0.2, 0) is 4.79 Å². The summed E-state index contributed by atoms with van der Waals surface area (Å²) in [7, 11) is 0. The van der Waals surface area contributed by atoms with Crippen molar-refractivity contribution in [3.8, 4) is 0 Å². The van der Waals surface area contributed by atoms with E-state index >= 15 is 0 Å². The Morgan fingerprint density at radius 3 is 2.21 bits per heavy atom. The first-order valence-corrected chi connectivity index (χ1v) is 4.67. The van der Waals surface area contributed by atoms with Crippen LogP contribution in [0.3, 0.4) is 0 Å². The Hall–Kier alpha value is -0.690. The molecule has 5 N–H and O–H groups in total. The van der Waals surface area contributed by atoms with E-state index in [1.54, 1.807) is 4.90 Å². The van der Waals surface area contributed by atoms with Crippen LogP contribution in [0.25, 0.3) is 0 Å². The number of hydrogen-bond acceptors (Lipinski definition) is 5. The lowest BCUT2D eigenvalue weighted by molar-refractivity contribution is -0.127. The van der Waals surface area contributed by atoms with E-state index in [1.165, 1.54) is 0 Å². The van der Waals surface area contributed by atoms with Crippen LogP contribution in [0.2, 0.25) is 0 Å². The van der Waals surface area contributed by atoms with Crippen LogP contribution in [0.4, 0.5) is 0 Å². The molecular weight excluding hydrogens is 186 g/mol. The van der Waals surface area contributed by atoms with Gasteiger partial charge in [-0.25, -0.2) is 5.84 Å². The molecule has 0 fully saturated rings. The summed E-state index contributed by atoms with van der Waals surface area (Å²) < 4.78 is 0. The molecule has 1 unspecified atom stereocenters. The van der Waals surface area contributed by atoms with E-state index in [0.717, 1.165) is 0 Å². The average molecular weight is 205 g/mol. The Labute approximate surface area is 83.7 Å². The van der Waals surface area contributed by atoms with Gasteiger partial charge in [-0.05, 0) is 6.42 Å². The molecule has 6 heteroatoms. The van der Waals surface area contributed by atoms with E-state index in [4.69, 9.17) is 16.1 Å². The van der Waals surface area contributed by atoms with Gasteiger partial charge in [0, 0.05) is 13.1 Å². The van der Waals surface area contributed by atoms with Crippen LogP contribution >= 0.6 is 0 Å². The first-order valence-electron chi connectivity index (χ1n) is 4.67. The van der Waals surface area contributed by atoms with Crippen molar-refractivity contribution in [2.24, 2.45) is 5.84 Å². The van der Waals surface area contributed by atoms with Crippen LogP contribution in [-0.4, -0.2) is 53.4 Å². The van der Waals surface area contributed by atoms with Crippen LogP contribution < -0.4 is 11.3 Å². The van der Waals surface area contributed by atoms with Crippen molar-refractivity contribution in [3.63, 3.8) is 0 Å². The van der Waals surface area contributed by atoms with Crippen molar-refractivity contribution >= 4 is 5.91 Å². The fraction of sp³-hybridized carbons (Fsp3) is 0.875. The van der Waals surface area contributed by atoms with Crippen molar-refractivity contribution in [1.29, 1.82) is 0 Å². The van der Waals surface area contributed by atoms with E-state index in [2.05, 4.69) is 5.43 Å². The van der Waals surface area contributed by atoms with E-state index in [1.807, 2.05) is 6.92 Å². The Kier molecular flexibility index (Phi) is 7.31. The number of hydrazine groups is 1. The predicted molar refractivity (Wildman–Crippen MR) is 52.2 cm³/mol. The first-order chi connectivity index (χ1) is 6.71. The second-order valence-corrected chi connectivity index (χ2v) is 2.92. The summed E-state index contributed by atoms with van der Waals surface area (Å²) in [5.74, 6) is 4.73. The number of nitrogens with two attached hydrogens (primary N) is 1. The van der Waals surface area contributed by atoms with Gasteiger partial charge in [-0.15, -0.1) is 0 Å². The molecule has 0 aromatic rings. The molecule has 0 saturated carbocycles. The molecule has 0 radical (unpaired) electrons. The molecule has 0 aliphatic heterocycles. The fourth-order valence-corrected chi connectivity index (χ4v) is 1.39. The largest absolute Gasteiger partial charge is 0.395 e. The molecule has 1 atom stereocenters. The smallest absolute Gasteiger partial charge is 0.251 e. The highest BCUT2D eigenvalue weighted by atomic mass is 16.3. The molecule has 84 valence electrons. The molecule has 0 heterocycles. The maximum absolute atomic E-state index is 11.3. The summed E-state index contributed by atoms with van der Waals surface area (Å²) in [6, 6.07) is -0.390. The third-order valence-corrected chi connectivity index (χ3v) is 2.05. The number of nitrogens with one attached hydrogen (secondary N) is 1. The molecule has 0 aromatic carbocycles. The van der Waals surface area contributed by atoms with Crippen LogP contribution in [0.1, 0.15) is 13.3 Å². The van der Waals surface area contributed by atoms with Gasteiger partial charge >= 0.3 is 0 Å². The quantitative estimate of drug-likeness (QED) is 0.220. The Morgan fingerprint density at radius 2 is 1.93 bits per heavy atom. The molecule has 0 aliphatic carbocycles. The SMILES string of the molecule is CCC(C(=O)NN)N(CCO)CCO. The third-order valence-electron chi connectivity index (χ3n) is 2.05. The molecule has 6 nitrogen and oxygen atoms in total. The van der Waals surface area contributed by atoms with Crippen molar-refractivity contribution in [2.45, 2.75) is 19.4 Å². The minimum Gasteiger partial charge on any atom is -0.395 e. The number of nitrogens with zero attached hydrogens (tertiary/aromatic N) is 1. The van der Waals surface area contributed by atoms with Gasteiger partial charge in [0.05, 0.1) is 19.3 Å². The van der Waals surface area contributed by atoms with Gasteiger partial charge in [0.2, 0.25) is 0 Å². The van der Waals surface area contributed by atoms with Gasteiger partial charge in [0.15, 0.2) is 0 Å². The number of amides is 1. The maximum atomic E-state index is 11.3. The highest BCUT2D eigenvalue weighted by molar-refractivity contribution is 5.81. The monoisotopic (exact) mass is 205 g/mol. The van der Waals surface area contributed by atoms with Gasteiger partial charge in [-0.2, -0.15) is 0 Å². The summed E-state index contributed by atoms with van der Waals surface area (Å²) in [5.41, 5.74) is 2.07. The molecular formula is C8H19N3O3. The molecule has 0 aliphatic rings. The molecule has 0 saturated heterocycles. The highest BCUT2D eigenvalue weighted by Crippen LogP contribution is 2.03. The Morgan fingerprint density at radius 1 is 1.43 bits per heavy atom. The molecule has 0 aromatic heterocycles. The number of carbonyl (C=O) groups is 1. The second kappa shape index (κ2) is 7.69. The number of hydrogen-bond donors (Lipinski definition) is 4. The van der Waals surface area contributed by atoms with E-state index in [0.29, 0.717) is 19.5 Å². The predicted octanol–water partition coefficient (Wildman–Crippen LogP) is -1.96. The van der Waals surface area contributed by atoms with Gasteiger partial charge in [-0.3, -0.25) is 15.1 Å². The van der Waals surface area contributed by atoms with E-state index < -0.39 is 0 Å². The van der Waals surface area contributed by atoms with Crippen LogP contribution in [0, 0.1) is 0 Å². The Bertz CT molecular complexity index is 160. The lowest BCUT2D eigenvalue weighted by Gasteiger charge is -2.28. The summed E-state index contributed by atoms with van der Waals surface area (Å²) in [6.07, 6.45) is 0.586. The first kappa shape index (κ1) is 13.3. The maximum Gasteiger partial charge on any atom is 0.251 e. The summed E-state index contributed by atoms with van der Waals surface area (Å²) in [6.45, 7) is 2.46. The zero-order valence-corrected chi connectivity index (χ0v) is 8.44. The number of aliphatic hydroxyl groups excluding tert-OH is 2. The zero-order valence-electron chi connectivity index (χ0n) is 8.44. The van der Waals surface area contributed by atoms with Crippen molar-refractivity contribution in [2.75, 3.05) is 26.3 Å². The normalized spacial score (nSPS) is 12.9. The van der Waals surface area contributed by atoms with E-state index in [-0.39, 0.29) is 25.2 Å². The minimum absolute atomic E-state index is 0.0473. The molecule has 0 bridgehead atoms. The average Bonchev–Trinajstić information content (AvgIpc) is 2.19. The molecule has 0 rings (SSSR count). The zero-order chi connectivity index (χ0) is 11.0. The minimum atomic E-state index is -0.390. The van der Waals surface area contributed by atoms with Crippen LogP contribution in [0.5, 0.6) is 0 Å². The summed E-state index contributed by atoms with van der Waals surface area (Å²) in [4.78, 5) is 13.0. The van der Waals surface area contributed by atoms with Gasteiger partial charge in [0.25, 0.3) is 5.91 Å².